The van der Waals surface area contributed by atoms with Crippen molar-refractivity contribution in [2.45, 2.75) is 38.3 Å². The molecule has 1 aliphatic rings. The number of nitrogens with one attached hydrogen (secondary N) is 1. The van der Waals surface area contributed by atoms with Crippen molar-refractivity contribution in [1.29, 1.82) is 0 Å². The molecule has 1 fully saturated rings. The Labute approximate surface area is 138 Å². The summed E-state index contributed by atoms with van der Waals surface area (Å²) in [5.74, 6) is -0.507. The van der Waals surface area contributed by atoms with Gasteiger partial charge < -0.3 is 5.32 Å². The van der Waals surface area contributed by atoms with Gasteiger partial charge in [-0.05, 0) is 59.9 Å². The number of hydrogen-bond acceptors (Lipinski definition) is 3. The standard InChI is InChI=1S/C18H28FN3O/c1-18(2,22-11-7-8-12-22)13-20-17(23)16(21(3)4)14-9-5-6-10-15(14)19/h5-6,9-10,16H,7-8,11-13H2,1-4H3,(H,20,23)/t16-/m1/s1. The van der Waals surface area contributed by atoms with Crippen molar-refractivity contribution >= 4 is 5.91 Å². The van der Waals surface area contributed by atoms with Crippen molar-refractivity contribution in [3.8, 4) is 0 Å². The van der Waals surface area contributed by atoms with E-state index in [9.17, 15) is 9.18 Å². The molecule has 1 atom stereocenters. The number of halogens is 1. The second kappa shape index (κ2) is 7.41. The van der Waals surface area contributed by atoms with E-state index in [1.54, 1.807) is 37.2 Å². The van der Waals surface area contributed by atoms with Gasteiger partial charge in [-0.3, -0.25) is 14.6 Å². The second-order valence-corrected chi connectivity index (χ2v) is 7.11. The van der Waals surface area contributed by atoms with Crippen LogP contribution in [-0.4, -0.2) is 55.0 Å². The normalized spacial score (nSPS) is 17.5. The Morgan fingerprint density at radius 3 is 2.48 bits per heavy atom. The van der Waals surface area contributed by atoms with Gasteiger partial charge in [0.2, 0.25) is 5.91 Å². The van der Waals surface area contributed by atoms with Crippen LogP contribution in [-0.2, 0) is 4.79 Å². The molecule has 0 spiro atoms. The highest BCUT2D eigenvalue weighted by molar-refractivity contribution is 5.83. The van der Waals surface area contributed by atoms with Crippen molar-refractivity contribution in [3.05, 3.63) is 35.6 Å². The molecule has 1 heterocycles. The van der Waals surface area contributed by atoms with Gasteiger partial charge in [-0.25, -0.2) is 4.39 Å². The molecule has 0 aromatic heterocycles. The minimum Gasteiger partial charge on any atom is -0.353 e. The maximum Gasteiger partial charge on any atom is 0.242 e. The fraction of sp³-hybridized carbons (Fsp3) is 0.611. The average molecular weight is 321 g/mol. The largest absolute Gasteiger partial charge is 0.353 e. The summed E-state index contributed by atoms with van der Waals surface area (Å²) in [6.45, 7) is 7.00. The van der Waals surface area contributed by atoms with Crippen molar-refractivity contribution < 1.29 is 9.18 Å². The lowest BCUT2D eigenvalue weighted by Crippen LogP contribution is -2.52. The van der Waals surface area contributed by atoms with Crippen LogP contribution in [0.15, 0.2) is 24.3 Å². The van der Waals surface area contributed by atoms with Gasteiger partial charge >= 0.3 is 0 Å². The van der Waals surface area contributed by atoms with Crippen LogP contribution in [0.5, 0.6) is 0 Å². The number of nitrogens with zero attached hydrogens (tertiary/aromatic N) is 2. The van der Waals surface area contributed by atoms with Crippen molar-refractivity contribution in [2.24, 2.45) is 0 Å². The van der Waals surface area contributed by atoms with E-state index in [4.69, 9.17) is 0 Å². The summed E-state index contributed by atoms with van der Waals surface area (Å²) in [6, 6.07) is 5.85. The zero-order chi connectivity index (χ0) is 17.0. The van der Waals surface area contributed by atoms with Gasteiger partial charge in [-0.1, -0.05) is 18.2 Å². The number of likely N-dealkylation sites (tertiary alicyclic amines) is 1. The molecule has 1 aliphatic heterocycles. The second-order valence-electron chi connectivity index (χ2n) is 7.11. The predicted octanol–water partition coefficient (Wildman–Crippen LogP) is 2.42. The van der Waals surface area contributed by atoms with Crippen molar-refractivity contribution in [2.75, 3.05) is 33.7 Å². The van der Waals surface area contributed by atoms with Crippen molar-refractivity contribution in [3.63, 3.8) is 0 Å². The third kappa shape index (κ3) is 4.30. The molecule has 4 nitrogen and oxygen atoms in total. The molecule has 0 saturated carbocycles. The van der Waals surface area contributed by atoms with E-state index < -0.39 is 6.04 Å². The van der Waals surface area contributed by atoms with Gasteiger partial charge in [0.05, 0.1) is 0 Å². The lowest BCUT2D eigenvalue weighted by atomic mass is 10.0. The number of rotatable bonds is 6. The Hall–Kier alpha value is -1.46. The Balaban J connectivity index is 2.06. The van der Waals surface area contributed by atoms with Crippen LogP contribution in [0.3, 0.4) is 0 Å². The number of carbonyl (C=O) groups is 1. The van der Waals surface area contributed by atoms with E-state index in [0.717, 1.165) is 13.1 Å². The van der Waals surface area contributed by atoms with E-state index in [2.05, 4.69) is 24.1 Å². The number of carbonyl (C=O) groups excluding carboxylic acids is 1. The summed E-state index contributed by atoms with van der Waals surface area (Å²) in [7, 11) is 3.59. The van der Waals surface area contributed by atoms with Crippen LogP contribution >= 0.6 is 0 Å². The molecule has 2 rings (SSSR count). The van der Waals surface area contributed by atoms with Crippen LogP contribution in [0.2, 0.25) is 0 Å². The molecule has 128 valence electrons. The Bertz CT molecular complexity index is 539. The van der Waals surface area contributed by atoms with Crippen LogP contribution in [0.1, 0.15) is 38.3 Å². The topological polar surface area (TPSA) is 35.6 Å². The highest BCUT2D eigenvalue weighted by Crippen LogP contribution is 2.23. The SMILES string of the molecule is CN(C)[C@@H](C(=O)NCC(C)(C)N1CCCC1)c1ccccc1F. The van der Waals surface area contributed by atoms with Crippen LogP contribution in [0.25, 0.3) is 0 Å². The summed E-state index contributed by atoms with van der Waals surface area (Å²) in [5, 5.41) is 3.02. The maximum atomic E-state index is 14.1. The monoisotopic (exact) mass is 321 g/mol. The molecular weight excluding hydrogens is 293 g/mol. The fourth-order valence-corrected chi connectivity index (χ4v) is 3.19. The number of benzene rings is 1. The van der Waals surface area contributed by atoms with Gasteiger partial charge in [0.1, 0.15) is 11.9 Å². The van der Waals surface area contributed by atoms with E-state index in [-0.39, 0.29) is 17.3 Å². The highest BCUT2D eigenvalue weighted by atomic mass is 19.1. The zero-order valence-electron chi connectivity index (χ0n) is 14.6. The number of likely N-dealkylation sites (N-methyl/N-ethyl adjacent to an activating group) is 1. The molecular formula is C18H28FN3O. The number of amides is 1. The van der Waals surface area contributed by atoms with Crippen LogP contribution in [0, 0.1) is 5.82 Å². The first-order valence-corrected chi connectivity index (χ1v) is 8.26. The third-order valence-electron chi connectivity index (χ3n) is 4.62. The summed E-state index contributed by atoms with van der Waals surface area (Å²) < 4.78 is 14.1. The molecule has 5 heteroatoms. The molecule has 1 saturated heterocycles. The molecule has 0 bridgehead atoms. The Kier molecular flexibility index (Phi) is 5.76. The van der Waals surface area contributed by atoms with E-state index >= 15 is 0 Å². The summed E-state index contributed by atoms with van der Waals surface area (Å²) >= 11 is 0. The van der Waals surface area contributed by atoms with Gasteiger partial charge in [-0.15, -0.1) is 0 Å². The molecule has 23 heavy (non-hydrogen) atoms. The third-order valence-corrected chi connectivity index (χ3v) is 4.62. The van der Waals surface area contributed by atoms with Gasteiger partial charge in [0, 0.05) is 17.6 Å². The zero-order valence-corrected chi connectivity index (χ0v) is 14.6. The summed E-state index contributed by atoms with van der Waals surface area (Å²) in [6.07, 6.45) is 2.43. The van der Waals surface area contributed by atoms with Gasteiger partial charge in [0.25, 0.3) is 0 Å². The quantitative estimate of drug-likeness (QED) is 0.874. The summed E-state index contributed by atoms with van der Waals surface area (Å²) in [4.78, 5) is 16.8. The Morgan fingerprint density at radius 2 is 1.91 bits per heavy atom. The first kappa shape index (κ1) is 17.9. The predicted molar refractivity (Wildman–Crippen MR) is 90.7 cm³/mol. The van der Waals surface area contributed by atoms with E-state index in [1.165, 1.54) is 18.9 Å². The molecule has 1 aromatic carbocycles. The molecule has 0 aliphatic carbocycles. The van der Waals surface area contributed by atoms with E-state index in [1.807, 2.05) is 0 Å². The summed E-state index contributed by atoms with van der Waals surface area (Å²) in [5.41, 5.74) is 0.326. The smallest absolute Gasteiger partial charge is 0.242 e. The maximum absolute atomic E-state index is 14.1. The highest BCUT2D eigenvalue weighted by Gasteiger charge is 2.31. The van der Waals surface area contributed by atoms with Crippen molar-refractivity contribution in [1.82, 2.24) is 15.1 Å². The van der Waals surface area contributed by atoms with Gasteiger partial charge in [0.15, 0.2) is 0 Å². The first-order valence-electron chi connectivity index (χ1n) is 8.26. The van der Waals surface area contributed by atoms with Crippen LogP contribution in [0.4, 0.5) is 4.39 Å². The average Bonchev–Trinajstić information content (AvgIpc) is 3.02. The molecule has 0 unspecified atom stereocenters. The lowest BCUT2D eigenvalue weighted by molar-refractivity contribution is -0.126. The Morgan fingerprint density at radius 1 is 1.30 bits per heavy atom. The lowest BCUT2D eigenvalue weighted by Gasteiger charge is -2.36. The number of hydrogen-bond donors (Lipinski definition) is 1. The minimum absolute atomic E-state index is 0.0851. The molecule has 1 N–H and O–H groups in total. The van der Waals surface area contributed by atoms with Gasteiger partial charge in [-0.2, -0.15) is 0 Å². The van der Waals surface area contributed by atoms with Crippen LogP contribution < -0.4 is 5.32 Å². The van der Waals surface area contributed by atoms with E-state index in [0.29, 0.717) is 12.1 Å². The first-order chi connectivity index (χ1) is 10.8. The fourth-order valence-electron chi connectivity index (χ4n) is 3.19. The minimum atomic E-state index is -0.620. The molecule has 1 amide bonds. The molecule has 0 radical (unpaired) electrons. The molecule has 1 aromatic rings.